The van der Waals surface area contributed by atoms with Crippen LogP contribution in [0.1, 0.15) is 32.1 Å². The zero-order valence-electron chi connectivity index (χ0n) is 12.7. The van der Waals surface area contributed by atoms with Crippen LogP contribution in [0.3, 0.4) is 0 Å². The molecule has 0 aromatic rings. The summed E-state index contributed by atoms with van der Waals surface area (Å²) in [5.41, 5.74) is 0. The molecule has 1 fully saturated rings. The summed E-state index contributed by atoms with van der Waals surface area (Å²) < 4.78 is 5.78. The first-order valence-electron chi connectivity index (χ1n) is 7.92. The highest BCUT2D eigenvalue weighted by atomic mass is 28.3. The van der Waals surface area contributed by atoms with E-state index in [1.165, 1.54) is 57.3 Å². The Labute approximate surface area is 119 Å². The second-order valence-corrected chi connectivity index (χ2v) is 12.0. The second-order valence-electron chi connectivity index (χ2n) is 6.66. The van der Waals surface area contributed by atoms with Gasteiger partial charge in [0.25, 0.3) is 0 Å². The van der Waals surface area contributed by atoms with Gasteiger partial charge in [-0.05, 0) is 25.0 Å². The molecule has 0 N–H and O–H groups in total. The summed E-state index contributed by atoms with van der Waals surface area (Å²) in [6.45, 7) is 8.21. The zero-order chi connectivity index (χ0) is 13.6. The summed E-state index contributed by atoms with van der Waals surface area (Å²) in [6, 6.07) is 2.99. The molecule has 1 saturated heterocycles. The minimum absolute atomic E-state index is 0.739. The first kappa shape index (κ1) is 14.7. The third kappa shape index (κ3) is 5.05. The van der Waals surface area contributed by atoms with Crippen molar-refractivity contribution in [2.45, 2.75) is 57.3 Å². The molecule has 0 amide bonds. The number of nitrogens with zero attached hydrogens (tertiary/aromatic N) is 1. The van der Waals surface area contributed by atoms with Gasteiger partial charge in [-0.25, -0.2) is 0 Å². The Balaban J connectivity index is 1.94. The van der Waals surface area contributed by atoms with Gasteiger partial charge in [-0.1, -0.05) is 50.5 Å². The van der Waals surface area contributed by atoms with Crippen molar-refractivity contribution in [2.75, 3.05) is 19.7 Å². The van der Waals surface area contributed by atoms with E-state index in [0.29, 0.717) is 0 Å². The smallest absolute Gasteiger partial charge is 0.189 e. The van der Waals surface area contributed by atoms with Crippen LogP contribution in [0.15, 0.2) is 24.1 Å². The van der Waals surface area contributed by atoms with Crippen LogP contribution >= 0.6 is 0 Å². The molecule has 2 heterocycles. The minimum atomic E-state index is -0.930. The Morgan fingerprint density at radius 2 is 1.74 bits per heavy atom. The third-order valence-corrected chi connectivity index (χ3v) is 7.74. The van der Waals surface area contributed by atoms with Crippen molar-refractivity contribution < 1.29 is 4.74 Å². The van der Waals surface area contributed by atoms with Crippen LogP contribution in [0, 0.1) is 0 Å². The van der Waals surface area contributed by atoms with Gasteiger partial charge in [0, 0.05) is 21.2 Å². The Bertz CT molecular complexity index is 336. The number of hydrogen-bond donors (Lipinski definition) is 0. The molecule has 3 heteroatoms. The maximum Gasteiger partial charge on any atom is 0.189 e. The maximum absolute atomic E-state index is 5.78. The van der Waals surface area contributed by atoms with Gasteiger partial charge in [-0.15, -0.1) is 0 Å². The van der Waals surface area contributed by atoms with Crippen molar-refractivity contribution in [1.82, 2.24) is 4.90 Å². The lowest BCUT2D eigenvalue weighted by atomic mass is 10.2. The number of hydrogen-bond acceptors (Lipinski definition) is 2. The number of rotatable bonds is 1. The molecule has 0 saturated carbocycles. The number of allylic oxidation sites excluding steroid dienone is 2. The SMILES string of the molecule is C[Si]1(C)CCCCCCN(C2=CC=CCO2)CCC1. The largest absolute Gasteiger partial charge is 0.475 e. The normalized spacial score (nSPS) is 25.2. The van der Waals surface area contributed by atoms with Gasteiger partial charge in [0.05, 0.1) is 0 Å². The second kappa shape index (κ2) is 7.18. The minimum Gasteiger partial charge on any atom is -0.475 e. The molecule has 2 aliphatic heterocycles. The summed E-state index contributed by atoms with van der Waals surface area (Å²) in [4.78, 5) is 2.47. The highest BCUT2D eigenvalue weighted by molar-refractivity contribution is 6.77. The molecule has 0 aliphatic carbocycles. The van der Waals surface area contributed by atoms with E-state index < -0.39 is 8.07 Å². The predicted octanol–water partition coefficient (Wildman–Crippen LogP) is 4.39. The fourth-order valence-electron chi connectivity index (χ4n) is 3.05. The van der Waals surface area contributed by atoms with Crippen molar-refractivity contribution in [2.24, 2.45) is 0 Å². The molecule has 0 radical (unpaired) electrons. The van der Waals surface area contributed by atoms with Crippen LogP contribution in [0.5, 0.6) is 0 Å². The Morgan fingerprint density at radius 1 is 1.00 bits per heavy atom. The third-order valence-electron chi connectivity index (χ3n) is 4.33. The lowest BCUT2D eigenvalue weighted by Crippen LogP contribution is -2.30. The van der Waals surface area contributed by atoms with Gasteiger partial charge in [0.2, 0.25) is 0 Å². The van der Waals surface area contributed by atoms with E-state index in [4.69, 9.17) is 4.74 Å². The summed E-state index contributed by atoms with van der Waals surface area (Å²) in [7, 11) is -0.930. The van der Waals surface area contributed by atoms with Crippen molar-refractivity contribution in [3.63, 3.8) is 0 Å². The van der Waals surface area contributed by atoms with Crippen LogP contribution in [-0.2, 0) is 4.74 Å². The molecule has 2 nitrogen and oxygen atoms in total. The molecule has 2 rings (SSSR count). The zero-order valence-corrected chi connectivity index (χ0v) is 13.7. The van der Waals surface area contributed by atoms with Crippen LogP contribution in [-0.4, -0.2) is 32.7 Å². The van der Waals surface area contributed by atoms with Crippen molar-refractivity contribution >= 4 is 8.07 Å². The lowest BCUT2D eigenvalue weighted by molar-refractivity contribution is 0.126. The van der Waals surface area contributed by atoms with Crippen molar-refractivity contribution in [3.05, 3.63) is 24.1 Å². The average Bonchev–Trinajstić information content (AvgIpc) is 2.44. The van der Waals surface area contributed by atoms with Gasteiger partial charge in [-0.3, -0.25) is 0 Å². The fraction of sp³-hybridized carbons (Fsp3) is 0.750. The van der Waals surface area contributed by atoms with Crippen molar-refractivity contribution in [1.29, 1.82) is 0 Å². The molecular formula is C16H29NOSi. The van der Waals surface area contributed by atoms with Gasteiger partial charge >= 0.3 is 0 Å². The van der Waals surface area contributed by atoms with Crippen LogP contribution in [0.25, 0.3) is 0 Å². The average molecular weight is 280 g/mol. The summed E-state index contributed by atoms with van der Waals surface area (Å²) in [6.07, 6.45) is 13.2. The Morgan fingerprint density at radius 3 is 2.53 bits per heavy atom. The van der Waals surface area contributed by atoms with E-state index >= 15 is 0 Å². The summed E-state index contributed by atoms with van der Waals surface area (Å²) >= 11 is 0. The summed E-state index contributed by atoms with van der Waals surface area (Å²) in [5, 5.41) is 0. The van der Waals surface area contributed by atoms with Gasteiger partial charge < -0.3 is 9.64 Å². The van der Waals surface area contributed by atoms with Crippen LogP contribution in [0.4, 0.5) is 0 Å². The van der Waals surface area contributed by atoms with E-state index in [9.17, 15) is 0 Å². The standard InChI is InChI=1S/C16H29NOSi/c1-19(2)14-8-4-3-6-11-17(12-9-15-19)16-10-5-7-13-18-16/h5,7,10H,3-4,6,8-9,11-15H2,1-2H3. The Hall–Kier alpha value is -0.703. The molecule has 0 aromatic heterocycles. The van der Waals surface area contributed by atoms with E-state index in [1.54, 1.807) is 0 Å². The predicted molar refractivity (Wildman–Crippen MR) is 84.9 cm³/mol. The molecule has 0 spiro atoms. The van der Waals surface area contributed by atoms with Crippen LogP contribution in [0.2, 0.25) is 25.2 Å². The van der Waals surface area contributed by atoms with Crippen LogP contribution < -0.4 is 0 Å². The molecule has 0 unspecified atom stereocenters. The highest BCUT2D eigenvalue weighted by Gasteiger charge is 2.21. The van der Waals surface area contributed by atoms with E-state index in [0.717, 1.165) is 12.5 Å². The molecular weight excluding hydrogens is 250 g/mol. The van der Waals surface area contributed by atoms with Gasteiger partial charge in [0.15, 0.2) is 5.88 Å². The lowest BCUT2D eigenvalue weighted by Gasteiger charge is -2.29. The molecule has 0 atom stereocenters. The van der Waals surface area contributed by atoms with E-state index in [-0.39, 0.29) is 0 Å². The first-order valence-corrected chi connectivity index (χ1v) is 11.3. The highest BCUT2D eigenvalue weighted by Crippen LogP contribution is 2.24. The topological polar surface area (TPSA) is 12.5 Å². The fourth-order valence-corrected chi connectivity index (χ4v) is 5.62. The molecule has 0 aromatic carbocycles. The molecule has 0 bridgehead atoms. The van der Waals surface area contributed by atoms with Crippen molar-refractivity contribution in [3.8, 4) is 0 Å². The molecule has 2 aliphatic rings. The molecule has 108 valence electrons. The Kier molecular flexibility index (Phi) is 5.55. The monoisotopic (exact) mass is 279 g/mol. The van der Waals surface area contributed by atoms with E-state index in [2.05, 4.69) is 36.2 Å². The first-order chi connectivity index (χ1) is 9.17. The maximum atomic E-state index is 5.78. The van der Waals surface area contributed by atoms with E-state index in [1.807, 2.05) is 0 Å². The number of ether oxygens (including phenoxy) is 1. The summed E-state index contributed by atoms with van der Waals surface area (Å²) in [5.74, 6) is 1.10. The molecule has 19 heavy (non-hydrogen) atoms. The quantitative estimate of drug-likeness (QED) is 0.660. The van der Waals surface area contributed by atoms with Gasteiger partial charge in [-0.2, -0.15) is 0 Å². The van der Waals surface area contributed by atoms with Gasteiger partial charge in [0.1, 0.15) is 6.61 Å².